The van der Waals surface area contributed by atoms with Crippen molar-refractivity contribution in [3.8, 4) is 0 Å². The van der Waals surface area contributed by atoms with Gasteiger partial charge >= 0.3 is 5.97 Å². The Hall–Kier alpha value is -2.07. The number of benzene rings is 1. The van der Waals surface area contributed by atoms with Gasteiger partial charge < -0.3 is 14.8 Å². The summed E-state index contributed by atoms with van der Waals surface area (Å²) in [5.41, 5.74) is 2.41. The molecule has 1 unspecified atom stereocenters. The molecule has 4 heteroatoms. The third-order valence-corrected chi connectivity index (χ3v) is 3.31. The molecule has 0 saturated heterocycles. The Morgan fingerprint density at radius 3 is 2.55 bits per heavy atom. The van der Waals surface area contributed by atoms with Crippen molar-refractivity contribution >= 4 is 5.97 Å². The van der Waals surface area contributed by atoms with Gasteiger partial charge in [0.25, 0.3) is 0 Å². The smallest absolute Gasteiger partial charge is 0.371 e. The van der Waals surface area contributed by atoms with Gasteiger partial charge in [-0.25, -0.2) is 4.79 Å². The van der Waals surface area contributed by atoms with Crippen molar-refractivity contribution in [2.24, 2.45) is 0 Å². The van der Waals surface area contributed by atoms with Crippen molar-refractivity contribution < 1.29 is 14.3 Å². The van der Waals surface area contributed by atoms with E-state index in [0.29, 0.717) is 5.76 Å². The summed E-state index contributed by atoms with van der Waals surface area (Å²) in [5.74, 6) is -0.450. The van der Waals surface area contributed by atoms with Gasteiger partial charge in [0.2, 0.25) is 5.76 Å². The zero-order valence-electron chi connectivity index (χ0n) is 11.9. The predicted octanol–water partition coefficient (Wildman–Crippen LogP) is 3.70. The van der Waals surface area contributed by atoms with E-state index in [1.54, 1.807) is 6.07 Å². The topological polar surface area (TPSA) is 62.5 Å². The first-order valence-electron chi connectivity index (χ1n) is 6.63. The first-order valence-corrected chi connectivity index (χ1v) is 6.63. The molecule has 0 fully saturated rings. The maximum Gasteiger partial charge on any atom is 0.371 e. The summed E-state index contributed by atoms with van der Waals surface area (Å²) < 4.78 is 5.31. The van der Waals surface area contributed by atoms with Crippen molar-refractivity contribution in [3.05, 3.63) is 59.0 Å². The van der Waals surface area contributed by atoms with E-state index in [4.69, 9.17) is 9.52 Å². The number of hydrogen-bond donors (Lipinski definition) is 2. The van der Waals surface area contributed by atoms with Crippen molar-refractivity contribution in [2.75, 3.05) is 0 Å². The fourth-order valence-electron chi connectivity index (χ4n) is 2.19. The Kier molecular flexibility index (Phi) is 4.25. The molecule has 0 radical (unpaired) electrons. The highest BCUT2D eigenvalue weighted by atomic mass is 16.4. The average Bonchev–Trinajstić information content (AvgIpc) is 2.88. The maximum atomic E-state index is 10.8. The summed E-state index contributed by atoms with van der Waals surface area (Å²) in [6, 6.07) is 11.6. The van der Waals surface area contributed by atoms with Crippen LogP contribution in [-0.4, -0.2) is 11.1 Å². The largest absolute Gasteiger partial charge is 0.475 e. The third kappa shape index (κ3) is 3.27. The van der Waals surface area contributed by atoms with Gasteiger partial charge in [0.1, 0.15) is 5.76 Å². The van der Waals surface area contributed by atoms with Crippen molar-refractivity contribution in [1.82, 2.24) is 5.32 Å². The number of rotatable bonds is 5. The van der Waals surface area contributed by atoms with Gasteiger partial charge in [-0.15, -0.1) is 0 Å². The van der Waals surface area contributed by atoms with E-state index in [1.807, 2.05) is 13.0 Å². The molecule has 1 heterocycles. The molecule has 0 aliphatic carbocycles. The zero-order chi connectivity index (χ0) is 14.7. The minimum atomic E-state index is -1.05. The lowest BCUT2D eigenvalue weighted by molar-refractivity contribution is 0.0659. The number of hydrogen-bond acceptors (Lipinski definition) is 3. The summed E-state index contributed by atoms with van der Waals surface area (Å²) >= 11 is 0. The highest BCUT2D eigenvalue weighted by Crippen LogP contribution is 2.21. The van der Waals surface area contributed by atoms with Gasteiger partial charge in [-0.2, -0.15) is 0 Å². The molecule has 106 valence electrons. The summed E-state index contributed by atoms with van der Waals surface area (Å²) in [7, 11) is 0. The molecular weight excluding hydrogens is 254 g/mol. The second-order valence-electron chi connectivity index (χ2n) is 5.03. The number of aryl methyl sites for hydroxylation is 1. The highest BCUT2D eigenvalue weighted by molar-refractivity contribution is 5.84. The van der Waals surface area contributed by atoms with Crippen LogP contribution in [0.1, 0.15) is 53.4 Å². The molecule has 0 aliphatic rings. The molecular formula is C16H19NO3. The fraction of sp³-hybridized carbons (Fsp3) is 0.312. The molecule has 2 atom stereocenters. The third-order valence-electron chi connectivity index (χ3n) is 3.31. The zero-order valence-corrected chi connectivity index (χ0v) is 11.9. The van der Waals surface area contributed by atoms with Gasteiger partial charge in [-0.3, -0.25) is 0 Å². The van der Waals surface area contributed by atoms with E-state index >= 15 is 0 Å². The van der Waals surface area contributed by atoms with Crippen LogP contribution in [0, 0.1) is 6.92 Å². The number of furan rings is 1. The van der Waals surface area contributed by atoms with Gasteiger partial charge in [0.05, 0.1) is 6.04 Å². The van der Waals surface area contributed by atoms with E-state index in [2.05, 4.69) is 37.4 Å². The van der Waals surface area contributed by atoms with Crippen LogP contribution in [0.15, 0.2) is 40.8 Å². The standard InChI is InChI=1S/C16H19NO3/c1-10-5-4-6-13(9-10)11(2)17-12(3)14-7-8-15(20-14)16(18)19/h4-9,11-12,17H,1-3H3,(H,18,19)/t11-,12?/m1/s1. The SMILES string of the molecule is Cc1cccc([C@@H](C)NC(C)c2ccc(C(=O)O)o2)c1. The van der Waals surface area contributed by atoms with E-state index < -0.39 is 5.97 Å². The van der Waals surface area contributed by atoms with Gasteiger partial charge in [-0.1, -0.05) is 29.8 Å². The predicted molar refractivity (Wildman–Crippen MR) is 76.8 cm³/mol. The average molecular weight is 273 g/mol. The molecule has 2 aromatic rings. The number of carboxylic acids is 1. The van der Waals surface area contributed by atoms with Crippen LogP contribution in [0.25, 0.3) is 0 Å². The van der Waals surface area contributed by atoms with E-state index in [0.717, 1.165) is 0 Å². The van der Waals surface area contributed by atoms with Crippen LogP contribution in [0.2, 0.25) is 0 Å². The maximum absolute atomic E-state index is 10.8. The Morgan fingerprint density at radius 1 is 1.20 bits per heavy atom. The molecule has 20 heavy (non-hydrogen) atoms. The molecule has 2 rings (SSSR count). The lowest BCUT2D eigenvalue weighted by atomic mass is 10.0. The van der Waals surface area contributed by atoms with Gasteiger partial charge in [0, 0.05) is 6.04 Å². The number of nitrogens with one attached hydrogen (secondary N) is 1. The van der Waals surface area contributed by atoms with E-state index in [9.17, 15) is 4.79 Å². The van der Waals surface area contributed by atoms with E-state index in [-0.39, 0.29) is 17.8 Å². The minimum Gasteiger partial charge on any atom is -0.475 e. The van der Waals surface area contributed by atoms with Crippen LogP contribution in [0.3, 0.4) is 0 Å². The Bertz CT molecular complexity index is 603. The van der Waals surface area contributed by atoms with Crippen molar-refractivity contribution in [2.45, 2.75) is 32.9 Å². The number of carboxylic acid groups (broad SMARTS) is 1. The minimum absolute atomic E-state index is 0.0307. The Labute approximate surface area is 118 Å². The number of carbonyl (C=O) groups is 1. The molecule has 0 bridgehead atoms. The molecule has 0 aliphatic heterocycles. The lowest BCUT2D eigenvalue weighted by Crippen LogP contribution is -2.22. The Morgan fingerprint density at radius 2 is 1.95 bits per heavy atom. The van der Waals surface area contributed by atoms with Crippen LogP contribution in [0.5, 0.6) is 0 Å². The normalized spacial score (nSPS) is 13.9. The van der Waals surface area contributed by atoms with Crippen LogP contribution in [-0.2, 0) is 0 Å². The van der Waals surface area contributed by atoms with Crippen LogP contribution < -0.4 is 5.32 Å². The summed E-state index contributed by atoms with van der Waals surface area (Å²) in [4.78, 5) is 10.8. The summed E-state index contributed by atoms with van der Waals surface area (Å²) in [6.07, 6.45) is 0. The first-order chi connectivity index (χ1) is 9.47. The Balaban J connectivity index is 2.06. The fourth-order valence-corrected chi connectivity index (χ4v) is 2.19. The molecule has 0 spiro atoms. The second kappa shape index (κ2) is 5.92. The monoisotopic (exact) mass is 273 g/mol. The van der Waals surface area contributed by atoms with Gasteiger partial charge in [0.15, 0.2) is 0 Å². The molecule has 0 saturated carbocycles. The molecule has 1 aromatic heterocycles. The van der Waals surface area contributed by atoms with Gasteiger partial charge in [-0.05, 0) is 38.5 Å². The summed E-state index contributed by atoms with van der Waals surface area (Å²) in [5, 5.41) is 12.3. The van der Waals surface area contributed by atoms with E-state index in [1.165, 1.54) is 17.2 Å². The van der Waals surface area contributed by atoms with Crippen LogP contribution >= 0.6 is 0 Å². The second-order valence-corrected chi connectivity index (χ2v) is 5.03. The molecule has 2 N–H and O–H groups in total. The quantitative estimate of drug-likeness (QED) is 0.872. The first kappa shape index (κ1) is 14.3. The number of aromatic carboxylic acids is 1. The molecule has 0 amide bonds. The lowest BCUT2D eigenvalue weighted by Gasteiger charge is -2.19. The van der Waals surface area contributed by atoms with Crippen LogP contribution in [0.4, 0.5) is 0 Å². The molecule has 1 aromatic carbocycles. The molecule has 4 nitrogen and oxygen atoms in total. The van der Waals surface area contributed by atoms with Crippen molar-refractivity contribution in [3.63, 3.8) is 0 Å². The summed E-state index contributed by atoms with van der Waals surface area (Å²) in [6.45, 7) is 6.09. The highest BCUT2D eigenvalue weighted by Gasteiger charge is 2.16. The van der Waals surface area contributed by atoms with Crippen molar-refractivity contribution in [1.29, 1.82) is 0 Å².